The molecular formula is C14H14ClN3O6. The number of benzene rings is 1. The third-order valence-electron chi connectivity index (χ3n) is 3.11. The van der Waals surface area contributed by atoms with Crippen LogP contribution < -0.4 is 14.4 Å². The van der Waals surface area contributed by atoms with Gasteiger partial charge in [0.2, 0.25) is 5.28 Å². The van der Waals surface area contributed by atoms with Crippen LogP contribution in [-0.2, 0) is 9.59 Å². The average molecular weight is 356 g/mol. The smallest absolute Gasteiger partial charge is 0.323 e. The SMILES string of the molecule is COc1cc2nc(Cl)nc(N(CC(=O)O)CC(=O)O)c2cc1OC. The van der Waals surface area contributed by atoms with Crippen LogP contribution in [0.2, 0.25) is 5.28 Å². The summed E-state index contributed by atoms with van der Waals surface area (Å²) >= 11 is 5.89. The first-order chi connectivity index (χ1) is 11.3. The van der Waals surface area contributed by atoms with Crippen molar-refractivity contribution in [2.75, 3.05) is 32.2 Å². The number of methoxy groups -OCH3 is 2. The van der Waals surface area contributed by atoms with Crippen molar-refractivity contribution >= 4 is 40.3 Å². The lowest BCUT2D eigenvalue weighted by molar-refractivity contribution is -0.136. The van der Waals surface area contributed by atoms with Crippen LogP contribution in [-0.4, -0.2) is 59.4 Å². The van der Waals surface area contributed by atoms with Gasteiger partial charge in [0.05, 0.1) is 19.7 Å². The molecule has 0 saturated carbocycles. The standard InChI is InChI=1S/C14H14ClN3O6/c1-23-9-3-7-8(4-10(9)24-2)16-14(15)17-13(7)18(5-11(19)20)6-12(21)22/h3-4H,5-6H2,1-2H3,(H,19,20)(H,21,22). The molecule has 0 aliphatic heterocycles. The number of fused-ring (bicyclic) bond motifs is 1. The number of aliphatic carboxylic acids is 2. The van der Waals surface area contributed by atoms with Gasteiger partial charge in [0, 0.05) is 11.5 Å². The molecule has 0 atom stereocenters. The van der Waals surface area contributed by atoms with Gasteiger partial charge in [-0.15, -0.1) is 0 Å². The molecule has 0 unspecified atom stereocenters. The van der Waals surface area contributed by atoms with Crippen molar-refractivity contribution in [3.8, 4) is 11.5 Å². The number of hydrogen-bond acceptors (Lipinski definition) is 7. The molecule has 9 nitrogen and oxygen atoms in total. The summed E-state index contributed by atoms with van der Waals surface area (Å²) in [6.07, 6.45) is 0. The molecule has 2 aromatic rings. The number of ether oxygens (including phenoxy) is 2. The van der Waals surface area contributed by atoms with E-state index in [0.717, 1.165) is 4.90 Å². The van der Waals surface area contributed by atoms with Crippen LogP contribution in [0.15, 0.2) is 12.1 Å². The van der Waals surface area contributed by atoms with Crippen molar-refractivity contribution in [3.63, 3.8) is 0 Å². The Labute approximate surface area is 141 Å². The second kappa shape index (κ2) is 7.18. The summed E-state index contributed by atoms with van der Waals surface area (Å²) in [6.45, 7) is -1.13. The first-order valence-electron chi connectivity index (χ1n) is 6.63. The zero-order valence-corrected chi connectivity index (χ0v) is 13.6. The van der Waals surface area contributed by atoms with Gasteiger partial charge in [-0.1, -0.05) is 0 Å². The number of aromatic nitrogens is 2. The Morgan fingerprint density at radius 2 is 1.62 bits per heavy atom. The third-order valence-corrected chi connectivity index (χ3v) is 3.27. The largest absolute Gasteiger partial charge is 0.493 e. The van der Waals surface area contributed by atoms with Crippen LogP contribution in [0.3, 0.4) is 0 Å². The van der Waals surface area contributed by atoms with Crippen molar-refractivity contribution in [1.29, 1.82) is 0 Å². The Balaban J connectivity index is 2.69. The lowest BCUT2D eigenvalue weighted by Crippen LogP contribution is -2.35. The number of hydrogen-bond donors (Lipinski definition) is 2. The summed E-state index contributed by atoms with van der Waals surface area (Å²) in [5.74, 6) is -1.58. The van der Waals surface area contributed by atoms with E-state index in [9.17, 15) is 9.59 Å². The van der Waals surface area contributed by atoms with Crippen molar-refractivity contribution in [3.05, 3.63) is 17.4 Å². The van der Waals surface area contributed by atoms with Crippen LogP contribution in [0.1, 0.15) is 0 Å². The first-order valence-corrected chi connectivity index (χ1v) is 7.01. The lowest BCUT2D eigenvalue weighted by atomic mass is 10.2. The monoisotopic (exact) mass is 355 g/mol. The highest BCUT2D eigenvalue weighted by molar-refractivity contribution is 6.28. The van der Waals surface area contributed by atoms with E-state index in [1.54, 1.807) is 6.07 Å². The number of nitrogens with zero attached hydrogens (tertiary/aromatic N) is 3. The molecule has 0 aliphatic carbocycles. The molecule has 0 fully saturated rings. The van der Waals surface area contributed by atoms with E-state index < -0.39 is 25.0 Å². The molecule has 0 amide bonds. The molecular weight excluding hydrogens is 342 g/mol. The van der Waals surface area contributed by atoms with Gasteiger partial charge < -0.3 is 24.6 Å². The number of rotatable bonds is 7. The average Bonchev–Trinajstić information content (AvgIpc) is 2.51. The number of carboxylic acids is 2. The summed E-state index contributed by atoms with van der Waals surface area (Å²) in [4.78, 5) is 31.2. The fourth-order valence-corrected chi connectivity index (χ4v) is 2.36. The maximum atomic E-state index is 11.1. The van der Waals surface area contributed by atoms with Crippen LogP contribution in [0.25, 0.3) is 10.9 Å². The first kappa shape index (κ1) is 17.5. The topological polar surface area (TPSA) is 122 Å². The van der Waals surface area contributed by atoms with Gasteiger partial charge in [-0.05, 0) is 17.7 Å². The minimum Gasteiger partial charge on any atom is -0.493 e. The Hall–Kier alpha value is -2.81. The summed E-state index contributed by atoms with van der Waals surface area (Å²) in [6, 6.07) is 3.08. The molecule has 128 valence electrons. The second-order valence-corrected chi connectivity index (χ2v) is 5.02. The Morgan fingerprint density at radius 1 is 1.08 bits per heavy atom. The Morgan fingerprint density at radius 3 is 2.12 bits per heavy atom. The van der Waals surface area contributed by atoms with Crippen LogP contribution in [0, 0.1) is 0 Å². The van der Waals surface area contributed by atoms with Gasteiger partial charge in [-0.2, -0.15) is 4.98 Å². The normalized spacial score (nSPS) is 10.5. The van der Waals surface area contributed by atoms with Gasteiger partial charge in [0.15, 0.2) is 11.5 Å². The quantitative estimate of drug-likeness (QED) is 0.707. The summed E-state index contributed by atoms with van der Waals surface area (Å²) in [7, 11) is 2.89. The van der Waals surface area contributed by atoms with Gasteiger partial charge in [-0.3, -0.25) is 9.59 Å². The Bertz CT molecular complexity index is 782. The van der Waals surface area contributed by atoms with Crippen molar-refractivity contribution in [2.45, 2.75) is 0 Å². The van der Waals surface area contributed by atoms with E-state index in [0.29, 0.717) is 22.4 Å². The predicted molar refractivity (Wildman–Crippen MR) is 85.1 cm³/mol. The molecule has 0 aliphatic rings. The minimum atomic E-state index is -1.21. The molecule has 1 aromatic carbocycles. The number of halogens is 1. The molecule has 24 heavy (non-hydrogen) atoms. The maximum absolute atomic E-state index is 11.1. The van der Waals surface area contributed by atoms with E-state index >= 15 is 0 Å². The molecule has 10 heteroatoms. The van der Waals surface area contributed by atoms with Gasteiger partial charge in [-0.25, -0.2) is 4.98 Å². The number of anilines is 1. The summed E-state index contributed by atoms with van der Waals surface area (Å²) in [5.41, 5.74) is 0.364. The molecule has 1 heterocycles. The summed E-state index contributed by atoms with van der Waals surface area (Å²) < 4.78 is 10.4. The summed E-state index contributed by atoms with van der Waals surface area (Å²) in [5, 5.41) is 18.3. The van der Waals surface area contributed by atoms with E-state index in [1.165, 1.54) is 20.3 Å². The van der Waals surface area contributed by atoms with E-state index in [2.05, 4.69) is 9.97 Å². The van der Waals surface area contributed by atoms with E-state index in [4.69, 9.17) is 31.3 Å². The molecule has 1 aromatic heterocycles. The molecule has 2 rings (SSSR count). The molecule has 0 radical (unpaired) electrons. The molecule has 0 bridgehead atoms. The van der Waals surface area contributed by atoms with Crippen LogP contribution in [0.4, 0.5) is 5.82 Å². The van der Waals surface area contributed by atoms with Crippen LogP contribution >= 0.6 is 11.6 Å². The van der Waals surface area contributed by atoms with Crippen LogP contribution in [0.5, 0.6) is 11.5 Å². The molecule has 2 N–H and O–H groups in total. The number of carboxylic acid groups (broad SMARTS) is 2. The third kappa shape index (κ3) is 3.74. The minimum absolute atomic E-state index is 0.0794. The fraction of sp³-hybridized carbons (Fsp3) is 0.286. The fourth-order valence-electron chi connectivity index (χ4n) is 2.19. The van der Waals surface area contributed by atoms with Crippen molar-refractivity contribution in [2.24, 2.45) is 0 Å². The molecule has 0 spiro atoms. The highest BCUT2D eigenvalue weighted by atomic mass is 35.5. The van der Waals surface area contributed by atoms with Gasteiger partial charge >= 0.3 is 11.9 Å². The predicted octanol–water partition coefficient (Wildman–Crippen LogP) is 1.28. The van der Waals surface area contributed by atoms with Gasteiger partial charge in [0.25, 0.3) is 0 Å². The zero-order chi connectivity index (χ0) is 17.9. The van der Waals surface area contributed by atoms with Crippen molar-refractivity contribution in [1.82, 2.24) is 9.97 Å². The van der Waals surface area contributed by atoms with Crippen molar-refractivity contribution < 1.29 is 29.3 Å². The highest BCUT2D eigenvalue weighted by Crippen LogP contribution is 2.35. The van der Waals surface area contributed by atoms with E-state index in [1.807, 2.05) is 0 Å². The van der Waals surface area contributed by atoms with E-state index in [-0.39, 0.29) is 11.1 Å². The zero-order valence-electron chi connectivity index (χ0n) is 12.8. The maximum Gasteiger partial charge on any atom is 0.323 e. The number of carbonyl (C=O) groups is 2. The Kier molecular flexibility index (Phi) is 5.24. The second-order valence-electron chi connectivity index (χ2n) is 4.68. The highest BCUT2D eigenvalue weighted by Gasteiger charge is 2.21. The van der Waals surface area contributed by atoms with Gasteiger partial charge in [0.1, 0.15) is 18.9 Å². The lowest BCUT2D eigenvalue weighted by Gasteiger charge is -2.21. The molecule has 0 saturated heterocycles.